The third-order valence-corrected chi connectivity index (χ3v) is 5.95. The van der Waals surface area contributed by atoms with Gasteiger partial charge in [-0.2, -0.15) is 5.10 Å². The van der Waals surface area contributed by atoms with Gasteiger partial charge in [-0.25, -0.2) is 0 Å². The summed E-state index contributed by atoms with van der Waals surface area (Å²) in [6.07, 6.45) is 4.00. The van der Waals surface area contributed by atoms with Gasteiger partial charge in [-0.3, -0.25) is 14.3 Å². The zero-order valence-corrected chi connectivity index (χ0v) is 18.2. The van der Waals surface area contributed by atoms with Crippen molar-refractivity contribution < 1.29 is 14.7 Å². The highest BCUT2D eigenvalue weighted by atomic mass is 16.3. The van der Waals surface area contributed by atoms with Crippen molar-refractivity contribution in [2.24, 2.45) is 13.0 Å². The van der Waals surface area contributed by atoms with Crippen LogP contribution >= 0.6 is 0 Å². The third-order valence-electron chi connectivity index (χ3n) is 5.95. The van der Waals surface area contributed by atoms with Crippen LogP contribution in [0.4, 0.5) is 5.69 Å². The molecule has 32 heavy (non-hydrogen) atoms. The van der Waals surface area contributed by atoms with Crippen LogP contribution in [0.25, 0.3) is 0 Å². The quantitative estimate of drug-likeness (QED) is 0.627. The van der Waals surface area contributed by atoms with Gasteiger partial charge >= 0.3 is 0 Å². The van der Waals surface area contributed by atoms with E-state index in [1.54, 1.807) is 40.0 Å². The van der Waals surface area contributed by atoms with E-state index < -0.39 is 0 Å². The number of hydrogen-bond donors (Lipinski definition) is 2. The molecule has 1 fully saturated rings. The molecule has 2 heterocycles. The number of benzene rings is 2. The summed E-state index contributed by atoms with van der Waals surface area (Å²) in [6.45, 7) is 1.34. The van der Waals surface area contributed by atoms with Gasteiger partial charge in [0.25, 0.3) is 11.8 Å². The lowest BCUT2D eigenvalue weighted by atomic mass is 9.98. The fourth-order valence-electron chi connectivity index (χ4n) is 4.16. The molecule has 2 amide bonds. The van der Waals surface area contributed by atoms with Crippen molar-refractivity contribution in [2.75, 3.05) is 25.0 Å². The minimum Gasteiger partial charge on any atom is -0.396 e. The topological polar surface area (TPSA) is 87.5 Å². The van der Waals surface area contributed by atoms with Crippen molar-refractivity contribution in [3.8, 4) is 0 Å². The molecule has 7 heteroatoms. The van der Waals surface area contributed by atoms with Crippen molar-refractivity contribution >= 4 is 17.5 Å². The molecule has 1 aromatic heterocycles. The summed E-state index contributed by atoms with van der Waals surface area (Å²) in [7, 11) is 1.83. The number of likely N-dealkylation sites (tertiary alicyclic amines) is 1. The number of aromatic nitrogens is 2. The Hall–Kier alpha value is -3.45. The number of hydrogen-bond acceptors (Lipinski definition) is 4. The highest BCUT2D eigenvalue weighted by molar-refractivity contribution is 6.05. The van der Waals surface area contributed by atoms with Crippen molar-refractivity contribution in [2.45, 2.75) is 19.3 Å². The van der Waals surface area contributed by atoms with E-state index in [1.165, 1.54) is 0 Å². The number of rotatable bonds is 6. The maximum atomic E-state index is 13.0. The lowest BCUT2D eigenvalue weighted by molar-refractivity contribution is 0.0620. The van der Waals surface area contributed by atoms with E-state index in [4.69, 9.17) is 0 Å². The summed E-state index contributed by atoms with van der Waals surface area (Å²) in [6, 6.07) is 16.9. The van der Waals surface area contributed by atoms with E-state index in [9.17, 15) is 14.7 Å². The lowest BCUT2D eigenvalue weighted by Gasteiger charge is -2.32. The Morgan fingerprint density at radius 2 is 1.97 bits per heavy atom. The first kappa shape index (κ1) is 21.8. The number of carbonyl (C=O) groups is 2. The minimum atomic E-state index is -0.257. The molecule has 0 radical (unpaired) electrons. The van der Waals surface area contributed by atoms with E-state index in [1.807, 2.05) is 37.4 Å². The predicted molar refractivity (Wildman–Crippen MR) is 123 cm³/mol. The van der Waals surface area contributed by atoms with Gasteiger partial charge in [0.1, 0.15) is 0 Å². The Morgan fingerprint density at radius 3 is 2.75 bits per heavy atom. The molecule has 0 bridgehead atoms. The number of carbonyl (C=O) groups excluding carboxylic acids is 2. The monoisotopic (exact) mass is 432 g/mol. The number of aliphatic hydroxyl groups is 1. The highest BCUT2D eigenvalue weighted by Crippen LogP contribution is 2.21. The van der Waals surface area contributed by atoms with Gasteiger partial charge in [0.15, 0.2) is 0 Å². The van der Waals surface area contributed by atoms with Gasteiger partial charge in [-0.05, 0) is 42.5 Å². The maximum absolute atomic E-state index is 13.0. The smallest absolute Gasteiger partial charge is 0.259 e. The van der Waals surface area contributed by atoms with Crippen LogP contribution in [-0.2, 0) is 13.5 Å². The first-order valence-electron chi connectivity index (χ1n) is 10.9. The molecule has 166 valence electrons. The first-order valence-corrected chi connectivity index (χ1v) is 10.9. The van der Waals surface area contributed by atoms with Crippen LogP contribution in [0.2, 0.25) is 0 Å². The molecule has 1 atom stereocenters. The molecular weight excluding hydrogens is 404 g/mol. The first-order chi connectivity index (χ1) is 15.5. The second kappa shape index (κ2) is 9.78. The Kier molecular flexibility index (Phi) is 6.66. The van der Waals surface area contributed by atoms with E-state index in [-0.39, 0.29) is 24.3 Å². The summed E-state index contributed by atoms with van der Waals surface area (Å²) in [5.41, 5.74) is 3.52. The van der Waals surface area contributed by atoms with Crippen molar-refractivity contribution in [3.05, 3.63) is 83.2 Å². The number of aliphatic hydroxyl groups excluding tert-OH is 1. The molecule has 1 aliphatic rings. The zero-order valence-electron chi connectivity index (χ0n) is 18.2. The zero-order chi connectivity index (χ0) is 22.5. The Bertz CT molecular complexity index is 1090. The Morgan fingerprint density at radius 1 is 1.16 bits per heavy atom. The number of nitrogens with one attached hydrogen (secondary N) is 1. The van der Waals surface area contributed by atoms with E-state index in [0.29, 0.717) is 36.3 Å². The second-order valence-corrected chi connectivity index (χ2v) is 8.27. The fourth-order valence-corrected chi connectivity index (χ4v) is 4.16. The Balaban J connectivity index is 1.48. The molecule has 0 saturated carbocycles. The predicted octanol–water partition coefficient (Wildman–Crippen LogP) is 3.11. The van der Waals surface area contributed by atoms with Crippen LogP contribution in [0.15, 0.2) is 60.8 Å². The summed E-state index contributed by atoms with van der Waals surface area (Å²) in [5.74, 6) is -0.207. The summed E-state index contributed by atoms with van der Waals surface area (Å²) in [4.78, 5) is 27.7. The number of amides is 2. The van der Waals surface area contributed by atoms with Gasteiger partial charge in [0, 0.05) is 44.4 Å². The minimum absolute atomic E-state index is 0.0783. The Labute approximate surface area is 187 Å². The molecule has 1 aliphatic heterocycles. The van der Waals surface area contributed by atoms with Gasteiger partial charge in [-0.15, -0.1) is 0 Å². The normalized spacial score (nSPS) is 16.1. The molecule has 4 rings (SSSR count). The molecule has 0 aliphatic carbocycles. The number of nitrogens with zero attached hydrogens (tertiary/aromatic N) is 3. The molecule has 1 saturated heterocycles. The van der Waals surface area contributed by atoms with Gasteiger partial charge in [0.05, 0.1) is 17.5 Å². The fraction of sp³-hybridized carbons (Fsp3) is 0.320. The highest BCUT2D eigenvalue weighted by Gasteiger charge is 2.24. The molecule has 2 N–H and O–H groups in total. The molecular formula is C25H28N4O3. The number of aryl methyl sites for hydroxylation is 1. The molecule has 7 nitrogen and oxygen atoms in total. The molecule has 1 unspecified atom stereocenters. The average molecular weight is 433 g/mol. The molecule has 2 aromatic carbocycles. The van der Waals surface area contributed by atoms with Crippen LogP contribution in [0, 0.1) is 5.92 Å². The lowest BCUT2D eigenvalue weighted by Crippen LogP contribution is -2.40. The van der Waals surface area contributed by atoms with Gasteiger partial charge in [0.2, 0.25) is 0 Å². The van der Waals surface area contributed by atoms with Crippen LogP contribution in [-0.4, -0.2) is 51.3 Å². The molecule has 0 spiro atoms. The summed E-state index contributed by atoms with van der Waals surface area (Å²) in [5, 5.41) is 16.6. The maximum Gasteiger partial charge on any atom is 0.259 e. The second-order valence-electron chi connectivity index (χ2n) is 8.27. The van der Waals surface area contributed by atoms with E-state index in [0.717, 1.165) is 24.1 Å². The van der Waals surface area contributed by atoms with Crippen molar-refractivity contribution in [1.82, 2.24) is 14.7 Å². The van der Waals surface area contributed by atoms with Crippen LogP contribution in [0.1, 0.15) is 44.8 Å². The van der Waals surface area contributed by atoms with Crippen LogP contribution in [0.3, 0.4) is 0 Å². The van der Waals surface area contributed by atoms with Gasteiger partial charge in [-0.1, -0.05) is 36.4 Å². The number of anilines is 1. The molecule has 3 aromatic rings. The summed E-state index contributed by atoms with van der Waals surface area (Å²) < 4.78 is 1.72. The van der Waals surface area contributed by atoms with Crippen LogP contribution < -0.4 is 5.32 Å². The van der Waals surface area contributed by atoms with Crippen molar-refractivity contribution in [1.29, 1.82) is 0 Å². The van der Waals surface area contributed by atoms with Gasteiger partial charge < -0.3 is 15.3 Å². The van der Waals surface area contributed by atoms with Crippen molar-refractivity contribution in [3.63, 3.8) is 0 Å². The SMILES string of the molecule is Cn1ncc(C(=O)Nc2cccc(C(=O)N3CCCC(CO)C3)c2)c1Cc1ccccc1. The largest absolute Gasteiger partial charge is 0.396 e. The van der Waals surface area contributed by atoms with E-state index >= 15 is 0 Å². The third kappa shape index (κ3) is 4.89. The average Bonchev–Trinajstić information content (AvgIpc) is 3.19. The van der Waals surface area contributed by atoms with Crippen LogP contribution in [0.5, 0.6) is 0 Å². The van der Waals surface area contributed by atoms with E-state index in [2.05, 4.69) is 10.4 Å². The summed E-state index contributed by atoms with van der Waals surface area (Å²) >= 11 is 0. The standard InChI is InChI=1S/C25H28N4O3/c1-28-23(13-18-7-3-2-4-8-18)22(15-26-28)24(31)27-21-11-5-10-20(14-21)25(32)29-12-6-9-19(16-29)17-30/h2-5,7-8,10-11,14-15,19,30H,6,9,12-13,16-17H2,1H3,(H,27,31). The number of piperidine rings is 1.